The number of aliphatic hydroxyl groups excluding tert-OH is 1. The van der Waals surface area contributed by atoms with Crippen LogP contribution in [0.2, 0.25) is 0 Å². The number of rotatable bonds is 9. The highest BCUT2D eigenvalue weighted by Gasteiger charge is 2.32. The Morgan fingerprint density at radius 1 is 1.03 bits per heavy atom. The number of hydrogen-bond acceptors (Lipinski definition) is 5. The molecule has 156 valence electrons. The van der Waals surface area contributed by atoms with Crippen molar-refractivity contribution >= 4 is 17.7 Å². The third kappa shape index (κ3) is 6.15. The molecule has 0 radical (unpaired) electrons. The number of carbonyl (C=O) groups is 3. The van der Waals surface area contributed by atoms with Crippen LogP contribution >= 0.6 is 0 Å². The molecule has 0 spiro atoms. The SMILES string of the molecule is C[C@H](C#N)C[C@@H](NC(=O)[C@H](O)[C@@H](NC(=O)c1ccccc1)c1ccccc1)C(N)=O. The van der Waals surface area contributed by atoms with E-state index in [1.54, 1.807) is 67.6 Å². The van der Waals surface area contributed by atoms with Gasteiger partial charge in [0.05, 0.1) is 12.1 Å². The zero-order chi connectivity index (χ0) is 22.1. The van der Waals surface area contributed by atoms with Gasteiger partial charge in [0.25, 0.3) is 11.8 Å². The molecule has 0 heterocycles. The first-order valence-corrected chi connectivity index (χ1v) is 9.41. The van der Waals surface area contributed by atoms with Crippen molar-refractivity contribution in [1.82, 2.24) is 10.6 Å². The minimum Gasteiger partial charge on any atom is -0.381 e. The quantitative estimate of drug-likeness (QED) is 0.490. The molecule has 4 atom stereocenters. The molecule has 8 heteroatoms. The van der Waals surface area contributed by atoms with Crippen molar-refractivity contribution < 1.29 is 19.5 Å². The number of nitriles is 1. The monoisotopic (exact) mass is 408 g/mol. The number of aliphatic hydroxyl groups is 1. The lowest BCUT2D eigenvalue weighted by atomic mass is 9.98. The molecule has 2 aromatic carbocycles. The summed E-state index contributed by atoms with van der Waals surface area (Å²) in [5, 5.41) is 24.7. The molecule has 5 N–H and O–H groups in total. The van der Waals surface area contributed by atoms with Crippen LogP contribution in [0.1, 0.15) is 35.3 Å². The normalized spacial score (nSPS) is 14.4. The van der Waals surface area contributed by atoms with Crippen LogP contribution in [0.25, 0.3) is 0 Å². The van der Waals surface area contributed by atoms with E-state index in [2.05, 4.69) is 10.6 Å². The van der Waals surface area contributed by atoms with E-state index in [1.165, 1.54) is 0 Å². The topological polar surface area (TPSA) is 145 Å². The lowest BCUT2D eigenvalue weighted by Gasteiger charge is -2.26. The summed E-state index contributed by atoms with van der Waals surface area (Å²) < 4.78 is 0. The average molecular weight is 408 g/mol. The van der Waals surface area contributed by atoms with Crippen molar-refractivity contribution in [3.05, 3.63) is 71.8 Å². The van der Waals surface area contributed by atoms with E-state index in [0.717, 1.165) is 0 Å². The zero-order valence-corrected chi connectivity index (χ0v) is 16.5. The van der Waals surface area contributed by atoms with Crippen molar-refractivity contribution in [2.75, 3.05) is 0 Å². The maximum Gasteiger partial charge on any atom is 0.252 e. The third-order valence-electron chi connectivity index (χ3n) is 4.54. The van der Waals surface area contributed by atoms with Crippen LogP contribution in [0.5, 0.6) is 0 Å². The Hall–Kier alpha value is -3.70. The Balaban J connectivity index is 2.22. The highest BCUT2D eigenvalue weighted by atomic mass is 16.3. The number of nitrogens with two attached hydrogens (primary N) is 1. The van der Waals surface area contributed by atoms with Crippen LogP contribution in [0, 0.1) is 17.2 Å². The van der Waals surface area contributed by atoms with Crippen LogP contribution in [0.3, 0.4) is 0 Å². The fraction of sp³-hybridized carbons (Fsp3) is 0.273. The molecule has 0 aliphatic rings. The van der Waals surface area contributed by atoms with Crippen LogP contribution in [-0.2, 0) is 9.59 Å². The van der Waals surface area contributed by atoms with E-state index in [4.69, 9.17) is 11.0 Å². The van der Waals surface area contributed by atoms with E-state index in [-0.39, 0.29) is 6.42 Å². The molecule has 0 unspecified atom stereocenters. The first-order valence-electron chi connectivity index (χ1n) is 9.41. The average Bonchev–Trinajstić information content (AvgIpc) is 2.77. The molecule has 8 nitrogen and oxygen atoms in total. The summed E-state index contributed by atoms with van der Waals surface area (Å²) in [7, 11) is 0. The van der Waals surface area contributed by atoms with Gasteiger partial charge < -0.3 is 21.5 Å². The number of primary amides is 1. The van der Waals surface area contributed by atoms with E-state index < -0.39 is 41.8 Å². The van der Waals surface area contributed by atoms with Crippen molar-refractivity contribution in [3.8, 4) is 6.07 Å². The summed E-state index contributed by atoms with van der Waals surface area (Å²) in [4.78, 5) is 36.9. The lowest BCUT2D eigenvalue weighted by molar-refractivity contribution is -0.134. The van der Waals surface area contributed by atoms with Gasteiger partial charge in [-0.05, 0) is 31.0 Å². The molecule has 0 bridgehead atoms. The number of amides is 3. The van der Waals surface area contributed by atoms with Crippen LogP contribution in [0.15, 0.2) is 60.7 Å². The smallest absolute Gasteiger partial charge is 0.252 e. The predicted octanol–water partition coefficient (Wildman–Crippen LogP) is 1.04. The number of nitrogens with one attached hydrogen (secondary N) is 2. The maximum absolute atomic E-state index is 12.7. The molecule has 0 aliphatic carbocycles. The standard InChI is InChI=1S/C22H24N4O4/c1-14(13-23)12-17(20(24)28)25-22(30)19(27)18(15-8-4-2-5-9-15)26-21(29)16-10-6-3-7-11-16/h2-11,14,17-19,27H,12H2,1H3,(H2,24,28)(H,25,30)(H,26,29)/t14-,17+,18-,19+/m0/s1. The molecular formula is C22H24N4O4. The summed E-state index contributed by atoms with van der Waals surface area (Å²) in [6, 6.07) is 16.7. The lowest BCUT2D eigenvalue weighted by Crippen LogP contribution is -2.52. The second-order valence-electron chi connectivity index (χ2n) is 6.90. The first-order chi connectivity index (χ1) is 14.3. The number of carbonyl (C=O) groups excluding carboxylic acids is 3. The van der Waals surface area contributed by atoms with Gasteiger partial charge in [0.2, 0.25) is 5.91 Å². The highest BCUT2D eigenvalue weighted by molar-refractivity contribution is 5.95. The fourth-order valence-electron chi connectivity index (χ4n) is 2.88. The van der Waals surface area contributed by atoms with Gasteiger partial charge >= 0.3 is 0 Å². The molecule has 2 aromatic rings. The Bertz CT molecular complexity index is 912. The van der Waals surface area contributed by atoms with Gasteiger partial charge in [-0.25, -0.2) is 0 Å². The van der Waals surface area contributed by atoms with Crippen molar-refractivity contribution in [3.63, 3.8) is 0 Å². The minimum atomic E-state index is -1.70. The third-order valence-corrected chi connectivity index (χ3v) is 4.54. The van der Waals surface area contributed by atoms with E-state index >= 15 is 0 Å². The van der Waals surface area contributed by atoms with Gasteiger partial charge in [0.15, 0.2) is 6.10 Å². The molecular weight excluding hydrogens is 384 g/mol. The fourth-order valence-corrected chi connectivity index (χ4v) is 2.88. The highest BCUT2D eigenvalue weighted by Crippen LogP contribution is 2.19. The van der Waals surface area contributed by atoms with Gasteiger partial charge in [-0.1, -0.05) is 48.5 Å². The maximum atomic E-state index is 12.7. The molecule has 0 saturated heterocycles. The van der Waals surface area contributed by atoms with Crippen LogP contribution < -0.4 is 16.4 Å². The molecule has 3 amide bonds. The van der Waals surface area contributed by atoms with E-state index in [0.29, 0.717) is 11.1 Å². The Kier molecular flexibility index (Phi) is 8.08. The largest absolute Gasteiger partial charge is 0.381 e. The molecule has 30 heavy (non-hydrogen) atoms. The Morgan fingerprint density at radius 3 is 2.13 bits per heavy atom. The molecule has 0 saturated carbocycles. The molecule has 2 rings (SSSR count). The van der Waals surface area contributed by atoms with Gasteiger partial charge in [0, 0.05) is 11.5 Å². The van der Waals surface area contributed by atoms with Crippen molar-refractivity contribution in [2.24, 2.45) is 11.7 Å². The summed E-state index contributed by atoms with van der Waals surface area (Å²) in [5.41, 5.74) is 6.19. The van der Waals surface area contributed by atoms with Gasteiger partial charge in [-0.2, -0.15) is 5.26 Å². The number of nitrogens with zero attached hydrogens (tertiary/aromatic N) is 1. The summed E-state index contributed by atoms with van der Waals surface area (Å²) in [5.74, 6) is -2.70. The minimum absolute atomic E-state index is 0.0106. The zero-order valence-electron chi connectivity index (χ0n) is 16.5. The Morgan fingerprint density at radius 2 is 1.60 bits per heavy atom. The molecule has 0 fully saturated rings. The van der Waals surface area contributed by atoms with Crippen LogP contribution in [-0.4, -0.2) is 35.0 Å². The van der Waals surface area contributed by atoms with E-state index in [1.807, 2.05) is 6.07 Å². The Labute approximate surface area is 174 Å². The summed E-state index contributed by atoms with van der Waals surface area (Å²) in [6.45, 7) is 1.59. The number of benzene rings is 2. The molecule has 0 aliphatic heterocycles. The molecule has 0 aromatic heterocycles. The van der Waals surface area contributed by atoms with Gasteiger partial charge in [0.1, 0.15) is 6.04 Å². The first kappa shape index (κ1) is 22.6. The van der Waals surface area contributed by atoms with Gasteiger partial charge in [-0.3, -0.25) is 14.4 Å². The number of hydrogen-bond donors (Lipinski definition) is 4. The van der Waals surface area contributed by atoms with Crippen molar-refractivity contribution in [2.45, 2.75) is 31.5 Å². The second-order valence-corrected chi connectivity index (χ2v) is 6.90. The van der Waals surface area contributed by atoms with Crippen LogP contribution in [0.4, 0.5) is 0 Å². The van der Waals surface area contributed by atoms with Gasteiger partial charge in [-0.15, -0.1) is 0 Å². The second kappa shape index (κ2) is 10.7. The summed E-state index contributed by atoms with van der Waals surface area (Å²) in [6.07, 6.45) is -1.68. The van der Waals surface area contributed by atoms with Crippen molar-refractivity contribution in [1.29, 1.82) is 5.26 Å². The van der Waals surface area contributed by atoms with E-state index in [9.17, 15) is 19.5 Å². The summed E-state index contributed by atoms with van der Waals surface area (Å²) >= 11 is 0. The predicted molar refractivity (Wildman–Crippen MR) is 110 cm³/mol.